The summed E-state index contributed by atoms with van der Waals surface area (Å²) in [6.07, 6.45) is 0. The Kier molecular flexibility index (Phi) is 5.20. The van der Waals surface area contributed by atoms with Gasteiger partial charge in [-0.2, -0.15) is 0 Å². The summed E-state index contributed by atoms with van der Waals surface area (Å²) < 4.78 is 27.7. The minimum absolute atomic E-state index is 0.0480. The van der Waals surface area contributed by atoms with Crippen LogP contribution in [-0.2, 0) is 16.6 Å². The maximum atomic E-state index is 11.3. The van der Waals surface area contributed by atoms with Gasteiger partial charge in [0, 0.05) is 5.69 Å². The van der Waals surface area contributed by atoms with Gasteiger partial charge >= 0.3 is 0 Å². The van der Waals surface area contributed by atoms with Crippen LogP contribution in [0.15, 0.2) is 58.4 Å². The summed E-state index contributed by atoms with van der Waals surface area (Å²) in [5.74, 6) is 0.960. The molecule has 7 nitrogen and oxygen atoms in total. The highest BCUT2D eigenvalue weighted by atomic mass is 32.2. The molecule has 2 aromatic carbocycles. The fourth-order valence-corrected chi connectivity index (χ4v) is 2.44. The van der Waals surface area contributed by atoms with Gasteiger partial charge < -0.3 is 15.8 Å². The monoisotopic (exact) mass is 334 g/mol. The summed E-state index contributed by atoms with van der Waals surface area (Å²) >= 11 is 0. The molecule has 0 atom stereocenters. The lowest BCUT2D eigenvalue weighted by atomic mass is 10.2. The number of benzene rings is 2. The first-order valence-corrected chi connectivity index (χ1v) is 8.26. The van der Waals surface area contributed by atoms with E-state index in [-0.39, 0.29) is 17.4 Å². The van der Waals surface area contributed by atoms with Gasteiger partial charge in [-0.05, 0) is 42.0 Å². The van der Waals surface area contributed by atoms with Gasteiger partial charge in [0.2, 0.25) is 10.0 Å². The van der Waals surface area contributed by atoms with Crippen LogP contribution in [0.1, 0.15) is 5.56 Å². The number of primary sulfonamides is 1. The lowest BCUT2D eigenvalue weighted by Gasteiger charge is -2.07. The van der Waals surface area contributed by atoms with Crippen molar-refractivity contribution >= 4 is 21.7 Å². The molecule has 0 saturated carbocycles. The van der Waals surface area contributed by atoms with Crippen LogP contribution in [0.25, 0.3) is 0 Å². The summed E-state index contributed by atoms with van der Waals surface area (Å²) in [4.78, 5) is 4.22. The Morgan fingerprint density at radius 1 is 1.22 bits per heavy atom. The Balaban J connectivity index is 2.04. The first kappa shape index (κ1) is 16.8. The Labute approximate surface area is 135 Å². The third kappa shape index (κ3) is 4.97. The van der Waals surface area contributed by atoms with Crippen LogP contribution in [0.3, 0.4) is 0 Å². The van der Waals surface area contributed by atoms with Crippen molar-refractivity contribution < 1.29 is 13.2 Å². The number of guanidine groups is 1. The molecular formula is C15H18N4O3S. The maximum Gasteiger partial charge on any atom is 0.238 e. The Morgan fingerprint density at radius 3 is 2.52 bits per heavy atom. The summed E-state index contributed by atoms with van der Waals surface area (Å²) in [5, 5.41) is 8.03. The zero-order valence-electron chi connectivity index (χ0n) is 12.6. The highest BCUT2D eigenvalue weighted by molar-refractivity contribution is 7.89. The molecule has 0 aliphatic carbocycles. The van der Waals surface area contributed by atoms with Crippen molar-refractivity contribution in [1.82, 2.24) is 0 Å². The van der Waals surface area contributed by atoms with Crippen molar-refractivity contribution in [2.75, 3.05) is 12.4 Å². The average molecular weight is 334 g/mol. The number of hydrogen-bond donors (Lipinski definition) is 3. The Hall–Kier alpha value is -2.58. The second-order valence-electron chi connectivity index (χ2n) is 4.75. The minimum atomic E-state index is -3.73. The standard InChI is InChI=1S/C15H18N4O3S/c1-22-13-7-5-12(6-8-13)19-15(16)18-10-11-3-2-4-14(9-11)23(17,20)21/h2-9H,10H2,1H3,(H3,16,18,19)(H2,17,20,21). The van der Waals surface area contributed by atoms with E-state index in [1.165, 1.54) is 12.1 Å². The van der Waals surface area contributed by atoms with Crippen molar-refractivity contribution in [1.29, 1.82) is 0 Å². The van der Waals surface area contributed by atoms with Crippen molar-refractivity contribution in [2.24, 2.45) is 15.9 Å². The summed E-state index contributed by atoms with van der Waals surface area (Å²) in [6.45, 7) is 0.234. The number of ether oxygens (including phenoxy) is 1. The molecule has 0 unspecified atom stereocenters. The normalized spacial score (nSPS) is 12.0. The topological polar surface area (TPSA) is 120 Å². The van der Waals surface area contributed by atoms with E-state index in [0.29, 0.717) is 5.56 Å². The second kappa shape index (κ2) is 7.12. The molecule has 0 aromatic heterocycles. The molecule has 122 valence electrons. The van der Waals surface area contributed by atoms with Crippen molar-refractivity contribution in [2.45, 2.75) is 11.4 Å². The zero-order valence-corrected chi connectivity index (χ0v) is 13.4. The van der Waals surface area contributed by atoms with Gasteiger partial charge in [0.05, 0.1) is 18.6 Å². The van der Waals surface area contributed by atoms with Gasteiger partial charge in [-0.1, -0.05) is 12.1 Å². The molecule has 2 aromatic rings. The average Bonchev–Trinajstić information content (AvgIpc) is 2.53. The van der Waals surface area contributed by atoms with E-state index >= 15 is 0 Å². The number of aliphatic imine (C=N–C) groups is 1. The fraction of sp³-hybridized carbons (Fsp3) is 0.133. The predicted molar refractivity (Wildman–Crippen MR) is 89.8 cm³/mol. The molecule has 0 radical (unpaired) electrons. The van der Waals surface area contributed by atoms with E-state index < -0.39 is 10.0 Å². The highest BCUT2D eigenvalue weighted by Gasteiger charge is 2.07. The molecule has 5 N–H and O–H groups in total. The third-order valence-corrected chi connectivity index (χ3v) is 3.93. The van der Waals surface area contributed by atoms with Gasteiger partial charge in [0.15, 0.2) is 5.96 Å². The molecule has 2 rings (SSSR count). The van der Waals surface area contributed by atoms with Gasteiger partial charge in [-0.15, -0.1) is 0 Å². The van der Waals surface area contributed by atoms with Crippen molar-refractivity contribution in [3.63, 3.8) is 0 Å². The molecule has 0 aliphatic rings. The first-order chi connectivity index (χ1) is 10.9. The van der Waals surface area contributed by atoms with E-state index in [9.17, 15) is 8.42 Å². The predicted octanol–water partition coefficient (Wildman–Crippen LogP) is 1.27. The smallest absolute Gasteiger partial charge is 0.238 e. The quantitative estimate of drug-likeness (QED) is 0.562. The van der Waals surface area contributed by atoms with E-state index in [4.69, 9.17) is 15.6 Å². The lowest BCUT2D eigenvalue weighted by molar-refractivity contribution is 0.415. The number of nitrogens with one attached hydrogen (secondary N) is 1. The van der Waals surface area contributed by atoms with E-state index in [1.807, 2.05) is 12.1 Å². The van der Waals surface area contributed by atoms with Crippen molar-refractivity contribution in [3.8, 4) is 5.75 Å². The molecule has 0 heterocycles. The number of rotatable bonds is 5. The van der Waals surface area contributed by atoms with Gasteiger partial charge in [0.1, 0.15) is 5.75 Å². The van der Waals surface area contributed by atoms with Crippen LogP contribution < -0.4 is 20.9 Å². The Bertz CT molecular complexity index is 802. The van der Waals surface area contributed by atoms with Crippen LogP contribution in [-0.4, -0.2) is 21.5 Å². The Morgan fingerprint density at radius 2 is 1.91 bits per heavy atom. The van der Waals surface area contributed by atoms with Gasteiger partial charge in [-0.3, -0.25) is 0 Å². The number of nitrogens with zero attached hydrogens (tertiary/aromatic N) is 1. The maximum absolute atomic E-state index is 11.3. The molecule has 0 bridgehead atoms. The number of methoxy groups -OCH3 is 1. The van der Waals surface area contributed by atoms with E-state index in [2.05, 4.69) is 10.3 Å². The SMILES string of the molecule is COc1ccc(NC(N)=NCc2cccc(S(N)(=O)=O)c2)cc1. The van der Waals surface area contributed by atoms with Crippen LogP contribution in [0.5, 0.6) is 5.75 Å². The molecule has 8 heteroatoms. The lowest BCUT2D eigenvalue weighted by Crippen LogP contribution is -2.22. The van der Waals surface area contributed by atoms with Crippen LogP contribution >= 0.6 is 0 Å². The van der Waals surface area contributed by atoms with Crippen LogP contribution in [0.2, 0.25) is 0 Å². The summed E-state index contributed by atoms with van der Waals surface area (Å²) in [5.41, 5.74) is 7.27. The van der Waals surface area contributed by atoms with E-state index in [0.717, 1.165) is 11.4 Å². The van der Waals surface area contributed by atoms with Crippen LogP contribution in [0, 0.1) is 0 Å². The van der Waals surface area contributed by atoms with Crippen LogP contribution in [0.4, 0.5) is 5.69 Å². The molecular weight excluding hydrogens is 316 g/mol. The zero-order chi connectivity index (χ0) is 16.9. The molecule has 0 saturated heterocycles. The minimum Gasteiger partial charge on any atom is -0.497 e. The number of sulfonamides is 1. The molecule has 0 spiro atoms. The molecule has 0 aliphatic heterocycles. The second-order valence-corrected chi connectivity index (χ2v) is 6.31. The number of hydrogen-bond acceptors (Lipinski definition) is 4. The largest absolute Gasteiger partial charge is 0.497 e. The van der Waals surface area contributed by atoms with Crippen molar-refractivity contribution in [3.05, 3.63) is 54.1 Å². The first-order valence-electron chi connectivity index (χ1n) is 6.71. The molecule has 23 heavy (non-hydrogen) atoms. The third-order valence-electron chi connectivity index (χ3n) is 3.02. The van der Waals surface area contributed by atoms with Gasteiger partial charge in [0.25, 0.3) is 0 Å². The van der Waals surface area contributed by atoms with E-state index in [1.54, 1.807) is 31.4 Å². The fourth-order valence-electron chi connectivity index (χ4n) is 1.86. The summed E-state index contributed by atoms with van der Waals surface area (Å²) in [7, 11) is -2.14. The summed E-state index contributed by atoms with van der Waals surface area (Å²) in [6, 6.07) is 13.5. The molecule has 0 fully saturated rings. The number of nitrogens with two attached hydrogens (primary N) is 2. The van der Waals surface area contributed by atoms with Gasteiger partial charge in [-0.25, -0.2) is 18.5 Å². The number of anilines is 1. The highest BCUT2D eigenvalue weighted by Crippen LogP contribution is 2.15. The molecule has 0 amide bonds.